The van der Waals surface area contributed by atoms with Gasteiger partial charge in [0.05, 0.1) is 0 Å². The lowest BCUT2D eigenvalue weighted by Gasteiger charge is -2.30. The van der Waals surface area contributed by atoms with Crippen molar-refractivity contribution in [3.8, 4) is 0 Å². The molecule has 2 unspecified atom stereocenters. The molecule has 2 rings (SSSR count). The van der Waals surface area contributed by atoms with Crippen LogP contribution in [-0.4, -0.2) is 11.0 Å². The molecular formula is C12H20N4. The second-order valence-electron chi connectivity index (χ2n) is 4.59. The van der Waals surface area contributed by atoms with Gasteiger partial charge in [0.15, 0.2) is 0 Å². The molecule has 0 aliphatic heterocycles. The highest BCUT2D eigenvalue weighted by molar-refractivity contribution is 5.51. The molecule has 0 spiro atoms. The maximum absolute atomic E-state index is 5.34. The number of nitrogens with zero attached hydrogens (tertiary/aromatic N) is 1. The molecule has 4 N–H and O–H groups in total. The highest BCUT2D eigenvalue weighted by Gasteiger charge is 2.20. The van der Waals surface area contributed by atoms with Crippen LogP contribution < -0.4 is 16.6 Å². The van der Waals surface area contributed by atoms with E-state index in [1.807, 2.05) is 12.1 Å². The molecule has 4 heteroatoms. The van der Waals surface area contributed by atoms with Crippen LogP contribution in [0.2, 0.25) is 0 Å². The van der Waals surface area contributed by atoms with Gasteiger partial charge in [0, 0.05) is 24.0 Å². The lowest BCUT2D eigenvalue weighted by molar-refractivity contribution is 0.349. The Kier molecular flexibility index (Phi) is 3.62. The van der Waals surface area contributed by atoms with E-state index in [-0.39, 0.29) is 0 Å². The Morgan fingerprint density at radius 3 is 2.94 bits per heavy atom. The van der Waals surface area contributed by atoms with Crippen LogP contribution in [-0.2, 0) is 0 Å². The van der Waals surface area contributed by atoms with Crippen LogP contribution in [0.15, 0.2) is 18.3 Å². The number of hydrogen-bond donors (Lipinski definition) is 3. The zero-order valence-corrected chi connectivity index (χ0v) is 9.74. The van der Waals surface area contributed by atoms with Crippen LogP contribution in [0.3, 0.4) is 0 Å². The first-order valence-electron chi connectivity index (χ1n) is 5.99. The van der Waals surface area contributed by atoms with Crippen molar-refractivity contribution in [3.63, 3.8) is 0 Å². The van der Waals surface area contributed by atoms with E-state index in [0.29, 0.717) is 11.9 Å². The summed E-state index contributed by atoms with van der Waals surface area (Å²) in [7, 11) is 0. The van der Waals surface area contributed by atoms with E-state index < -0.39 is 0 Å². The molecule has 1 aromatic rings. The predicted octanol–water partition coefficient (Wildman–Crippen LogP) is 2.36. The maximum Gasteiger partial charge on any atom is 0.141 e. The van der Waals surface area contributed by atoms with Crippen LogP contribution in [0.5, 0.6) is 0 Å². The quantitative estimate of drug-likeness (QED) is 0.540. The molecule has 1 saturated carbocycles. The highest BCUT2D eigenvalue weighted by atomic mass is 15.2. The first-order chi connectivity index (χ1) is 7.79. The average Bonchev–Trinajstić information content (AvgIpc) is 2.32. The molecule has 0 radical (unpaired) electrons. The van der Waals surface area contributed by atoms with Crippen molar-refractivity contribution in [3.05, 3.63) is 18.3 Å². The minimum atomic E-state index is 0.585. The van der Waals surface area contributed by atoms with Crippen molar-refractivity contribution in [1.29, 1.82) is 0 Å². The molecule has 0 aromatic carbocycles. The zero-order chi connectivity index (χ0) is 11.4. The lowest BCUT2D eigenvalue weighted by atomic mass is 9.86. The molecule has 1 aliphatic rings. The molecule has 0 amide bonds. The molecule has 1 fully saturated rings. The van der Waals surface area contributed by atoms with Gasteiger partial charge in [-0.2, -0.15) is 0 Å². The second kappa shape index (κ2) is 5.16. The Bertz CT molecular complexity index is 340. The molecular weight excluding hydrogens is 200 g/mol. The SMILES string of the molecule is CC1CCCCC1Nc1ccnc(NN)c1. The summed E-state index contributed by atoms with van der Waals surface area (Å²) >= 11 is 0. The summed E-state index contributed by atoms with van der Waals surface area (Å²) in [5, 5.41) is 3.57. The van der Waals surface area contributed by atoms with Crippen molar-refractivity contribution in [2.45, 2.75) is 38.6 Å². The molecule has 1 heterocycles. The Morgan fingerprint density at radius 2 is 2.19 bits per heavy atom. The minimum Gasteiger partial charge on any atom is -0.382 e. The van der Waals surface area contributed by atoms with Crippen molar-refractivity contribution in [1.82, 2.24) is 4.98 Å². The summed E-state index contributed by atoms with van der Waals surface area (Å²) in [6, 6.07) is 4.52. The molecule has 2 atom stereocenters. The third-order valence-electron chi connectivity index (χ3n) is 3.37. The van der Waals surface area contributed by atoms with Gasteiger partial charge in [-0.15, -0.1) is 0 Å². The van der Waals surface area contributed by atoms with E-state index >= 15 is 0 Å². The number of aromatic nitrogens is 1. The van der Waals surface area contributed by atoms with E-state index in [1.165, 1.54) is 25.7 Å². The Morgan fingerprint density at radius 1 is 1.38 bits per heavy atom. The number of nitrogens with two attached hydrogens (primary N) is 1. The van der Waals surface area contributed by atoms with Gasteiger partial charge < -0.3 is 10.7 Å². The van der Waals surface area contributed by atoms with Gasteiger partial charge in [-0.1, -0.05) is 19.8 Å². The van der Waals surface area contributed by atoms with E-state index in [1.54, 1.807) is 6.20 Å². The van der Waals surface area contributed by atoms with Crippen molar-refractivity contribution in [2.24, 2.45) is 11.8 Å². The molecule has 4 nitrogen and oxygen atoms in total. The third-order valence-corrected chi connectivity index (χ3v) is 3.37. The number of hydrogen-bond acceptors (Lipinski definition) is 4. The number of nitrogen functional groups attached to an aromatic ring is 1. The number of pyridine rings is 1. The maximum atomic E-state index is 5.34. The molecule has 16 heavy (non-hydrogen) atoms. The van der Waals surface area contributed by atoms with Gasteiger partial charge in [-0.05, 0) is 24.8 Å². The summed E-state index contributed by atoms with van der Waals surface area (Å²) in [6.07, 6.45) is 7.05. The van der Waals surface area contributed by atoms with Crippen LogP contribution in [0.4, 0.5) is 11.5 Å². The van der Waals surface area contributed by atoms with Gasteiger partial charge in [-0.3, -0.25) is 0 Å². The smallest absolute Gasteiger partial charge is 0.141 e. The highest BCUT2D eigenvalue weighted by Crippen LogP contribution is 2.27. The number of hydrazine groups is 1. The van der Waals surface area contributed by atoms with Crippen LogP contribution in [0, 0.1) is 5.92 Å². The Balaban J connectivity index is 2.01. The fraction of sp³-hybridized carbons (Fsp3) is 0.583. The van der Waals surface area contributed by atoms with Gasteiger partial charge >= 0.3 is 0 Å². The summed E-state index contributed by atoms with van der Waals surface area (Å²) < 4.78 is 0. The van der Waals surface area contributed by atoms with Crippen LogP contribution in [0.25, 0.3) is 0 Å². The molecule has 1 aromatic heterocycles. The number of nitrogens with one attached hydrogen (secondary N) is 2. The normalized spacial score (nSPS) is 25.1. The van der Waals surface area contributed by atoms with Gasteiger partial charge in [-0.25, -0.2) is 10.8 Å². The number of rotatable bonds is 3. The summed E-state index contributed by atoms with van der Waals surface area (Å²) in [6.45, 7) is 2.32. The largest absolute Gasteiger partial charge is 0.382 e. The fourth-order valence-electron chi connectivity index (χ4n) is 2.34. The van der Waals surface area contributed by atoms with Crippen molar-refractivity contribution >= 4 is 11.5 Å². The van der Waals surface area contributed by atoms with Crippen molar-refractivity contribution in [2.75, 3.05) is 10.7 Å². The first kappa shape index (κ1) is 11.2. The topological polar surface area (TPSA) is 63.0 Å². The predicted molar refractivity (Wildman–Crippen MR) is 67.1 cm³/mol. The van der Waals surface area contributed by atoms with E-state index in [4.69, 9.17) is 5.84 Å². The summed E-state index contributed by atoms with van der Waals surface area (Å²) in [5.74, 6) is 6.79. The molecule has 1 aliphatic carbocycles. The molecule has 0 bridgehead atoms. The van der Waals surface area contributed by atoms with Gasteiger partial charge in [0.2, 0.25) is 0 Å². The van der Waals surface area contributed by atoms with Crippen LogP contribution >= 0.6 is 0 Å². The standard InChI is InChI=1S/C12H20N4/c1-9-4-2-3-5-11(9)15-10-6-7-14-12(8-10)16-13/h6-9,11H,2-5,13H2,1H3,(H2,14,15,16). The first-order valence-corrected chi connectivity index (χ1v) is 5.99. The van der Waals surface area contributed by atoms with Crippen LogP contribution in [0.1, 0.15) is 32.6 Å². The summed E-state index contributed by atoms with van der Waals surface area (Å²) in [4.78, 5) is 4.09. The van der Waals surface area contributed by atoms with Crippen molar-refractivity contribution < 1.29 is 0 Å². The third kappa shape index (κ3) is 2.64. The van der Waals surface area contributed by atoms with Gasteiger partial charge in [0.25, 0.3) is 0 Å². The molecule has 0 saturated heterocycles. The Labute approximate surface area is 96.6 Å². The Hall–Kier alpha value is -1.29. The summed E-state index contributed by atoms with van der Waals surface area (Å²) in [5.41, 5.74) is 3.66. The fourth-order valence-corrected chi connectivity index (χ4v) is 2.34. The second-order valence-corrected chi connectivity index (χ2v) is 4.59. The van der Waals surface area contributed by atoms with Gasteiger partial charge in [0.1, 0.15) is 5.82 Å². The van der Waals surface area contributed by atoms with E-state index in [2.05, 4.69) is 22.7 Å². The monoisotopic (exact) mass is 220 g/mol. The number of anilines is 2. The van der Waals surface area contributed by atoms with E-state index in [0.717, 1.165) is 11.6 Å². The molecule has 88 valence electrons. The zero-order valence-electron chi connectivity index (χ0n) is 9.74. The lowest BCUT2D eigenvalue weighted by Crippen LogP contribution is -2.30. The van der Waals surface area contributed by atoms with E-state index in [9.17, 15) is 0 Å². The average molecular weight is 220 g/mol. The minimum absolute atomic E-state index is 0.585.